The standard InChI is InChI=1S/C25H27N3O2S/c1-3-16(2)24(29)27-21-15-31-23-20(26)12-7-13-22(23)28(25(21)30)14-18-10-6-9-17-8-4-5-11-19(17)18/h4-13,16,21H,3,14-15,26H2,1-2H3,(H,27,29)/t16-,21+/m1/s1. The number of nitrogens with two attached hydrogens (primary N) is 1. The highest BCUT2D eigenvalue weighted by Crippen LogP contribution is 2.39. The summed E-state index contributed by atoms with van der Waals surface area (Å²) in [6, 6.07) is 19.3. The van der Waals surface area contributed by atoms with Gasteiger partial charge in [0.2, 0.25) is 5.91 Å². The SMILES string of the molecule is CC[C@@H](C)C(=O)N[C@H]1CSc2c(N)cccc2N(Cc2cccc3ccccc23)C1=O. The summed E-state index contributed by atoms with van der Waals surface area (Å²) in [4.78, 5) is 28.9. The van der Waals surface area contributed by atoms with Gasteiger partial charge in [-0.25, -0.2) is 0 Å². The second-order valence-corrected chi connectivity index (χ2v) is 8.97. The molecule has 5 nitrogen and oxygen atoms in total. The van der Waals surface area contributed by atoms with Crippen molar-refractivity contribution in [3.8, 4) is 0 Å². The maximum atomic E-state index is 13.7. The van der Waals surface area contributed by atoms with Crippen LogP contribution in [0.3, 0.4) is 0 Å². The van der Waals surface area contributed by atoms with Crippen molar-refractivity contribution >= 4 is 45.7 Å². The molecule has 0 saturated heterocycles. The van der Waals surface area contributed by atoms with E-state index < -0.39 is 6.04 Å². The van der Waals surface area contributed by atoms with E-state index in [0.29, 0.717) is 18.0 Å². The summed E-state index contributed by atoms with van der Waals surface area (Å²) in [7, 11) is 0. The zero-order valence-electron chi connectivity index (χ0n) is 17.8. The molecule has 0 unspecified atom stereocenters. The number of carbonyl (C=O) groups is 2. The van der Waals surface area contributed by atoms with E-state index in [1.54, 1.807) is 4.90 Å². The molecule has 0 spiro atoms. The Morgan fingerprint density at radius 2 is 1.90 bits per heavy atom. The lowest BCUT2D eigenvalue weighted by Gasteiger charge is -2.27. The van der Waals surface area contributed by atoms with Crippen LogP contribution in [0, 0.1) is 5.92 Å². The number of fused-ring (bicyclic) bond motifs is 2. The van der Waals surface area contributed by atoms with Crippen molar-refractivity contribution in [2.45, 2.75) is 37.8 Å². The van der Waals surface area contributed by atoms with Crippen molar-refractivity contribution in [1.82, 2.24) is 5.32 Å². The fraction of sp³-hybridized carbons (Fsp3) is 0.280. The molecule has 1 aliphatic heterocycles. The lowest BCUT2D eigenvalue weighted by atomic mass is 10.0. The number of nitrogen functional groups attached to an aromatic ring is 1. The van der Waals surface area contributed by atoms with Crippen LogP contribution in [0.15, 0.2) is 65.6 Å². The van der Waals surface area contributed by atoms with Gasteiger partial charge < -0.3 is 16.0 Å². The summed E-state index contributed by atoms with van der Waals surface area (Å²) < 4.78 is 0. The number of thioether (sulfide) groups is 1. The van der Waals surface area contributed by atoms with Gasteiger partial charge in [-0.1, -0.05) is 62.4 Å². The van der Waals surface area contributed by atoms with E-state index >= 15 is 0 Å². The van der Waals surface area contributed by atoms with E-state index in [9.17, 15) is 9.59 Å². The molecule has 0 aromatic heterocycles. The second kappa shape index (κ2) is 9.02. The first kappa shape index (κ1) is 21.2. The molecule has 0 fully saturated rings. The monoisotopic (exact) mass is 433 g/mol. The normalized spacial score (nSPS) is 17.2. The van der Waals surface area contributed by atoms with Crippen molar-refractivity contribution < 1.29 is 9.59 Å². The Balaban J connectivity index is 1.74. The third-order valence-corrected chi connectivity index (χ3v) is 7.09. The molecule has 2 amide bonds. The van der Waals surface area contributed by atoms with Crippen molar-refractivity contribution in [2.75, 3.05) is 16.4 Å². The average Bonchev–Trinajstić information content (AvgIpc) is 2.91. The van der Waals surface area contributed by atoms with E-state index in [-0.39, 0.29) is 17.7 Å². The van der Waals surface area contributed by atoms with Gasteiger partial charge in [0.05, 0.1) is 17.1 Å². The van der Waals surface area contributed by atoms with Crippen LogP contribution in [0.5, 0.6) is 0 Å². The molecule has 0 saturated carbocycles. The molecule has 2 atom stereocenters. The molecule has 3 N–H and O–H groups in total. The molecular weight excluding hydrogens is 406 g/mol. The van der Waals surface area contributed by atoms with Gasteiger partial charge in [0.15, 0.2) is 0 Å². The molecule has 6 heteroatoms. The summed E-state index contributed by atoms with van der Waals surface area (Å²) >= 11 is 1.53. The maximum absolute atomic E-state index is 13.7. The van der Waals surface area contributed by atoms with E-state index in [1.165, 1.54) is 11.8 Å². The Morgan fingerprint density at radius 3 is 2.71 bits per heavy atom. The number of nitrogens with zero attached hydrogens (tertiary/aromatic N) is 1. The van der Waals surface area contributed by atoms with Crippen LogP contribution >= 0.6 is 11.8 Å². The molecule has 0 radical (unpaired) electrons. The van der Waals surface area contributed by atoms with Gasteiger partial charge in [-0.2, -0.15) is 0 Å². The van der Waals surface area contributed by atoms with Gasteiger partial charge in [0.1, 0.15) is 6.04 Å². The Morgan fingerprint density at radius 1 is 1.16 bits per heavy atom. The molecule has 3 aromatic carbocycles. The quantitative estimate of drug-likeness (QED) is 0.577. The van der Waals surface area contributed by atoms with Crippen molar-refractivity contribution in [2.24, 2.45) is 5.92 Å². The molecule has 0 bridgehead atoms. The minimum atomic E-state index is -0.603. The maximum Gasteiger partial charge on any atom is 0.250 e. The van der Waals surface area contributed by atoms with Gasteiger partial charge in [-0.05, 0) is 34.9 Å². The Bertz CT molecular complexity index is 1130. The van der Waals surface area contributed by atoms with Crippen molar-refractivity contribution in [3.05, 3.63) is 66.2 Å². The number of hydrogen-bond acceptors (Lipinski definition) is 4. The number of hydrogen-bond donors (Lipinski definition) is 2. The highest BCUT2D eigenvalue weighted by Gasteiger charge is 2.33. The van der Waals surface area contributed by atoms with E-state index in [2.05, 4.69) is 23.5 Å². The molecule has 1 heterocycles. The van der Waals surface area contributed by atoms with Crippen LogP contribution in [0.1, 0.15) is 25.8 Å². The van der Waals surface area contributed by atoms with Crippen molar-refractivity contribution in [3.63, 3.8) is 0 Å². The van der Waals surface area contributed by atoms with Gasteiger partial charge in [-0.3, -0.25) is 9.59 Å². The number of amides is 2. The van der Waals surface area contributed by atoms with Gasteiger partial charge in [0.25, 0.3) is 5.91 Å². The first-order valence-corrected chi connectivity index (χ1v) is 11.6. The summed E-state index contributed by atoms with van der Waals surface area (Å²) in [5, 5.41) is 5.22. The molecule has 0 aliphatic carbocycles. The molecular formula is C25H27N3O2S. The van der Waals surface area contributed by atoms with Crippen LogP contribution in [0.25, 0.3) is 10.8 Å². The highest BCUT2D eigenvalue weighted by molar-refractivity contribution is 7.99. The first-order valence-electron chi connectivity index (χ1n) is 10.6. The Labute approximate surface area is 187 Å². The van der Waals surface area contributed by atoms with Crippen LogP contribution in [0.2, 0.25) is 0 Å². The number of anilines is 2. The van der Waals surface area contributed by atoms with E-state index in [1.807, 2.05) is 56.3 Å². The summed E-state index contributed by atoms with van der Waals surface area (Å²) in [6.45, 7) is 4.26. The zero-order valence-corrected chi connectivity index (χ0v) is 18.6. The van der Waals surface area contributed by atoms with E-state index in [4.69, 9.17) is 5.73 Å². The van der Waals surface area contributed by atoms with Crippen LogP contribution in [0.4, 0.5) is 11.4 Å². The van der Waals surface area contributed by atoms with Gasteiger partial charge >= 0.3 is 0 Å². The number of rotatable bonds is 5. The summed E-state index contributed by atoms with van der Waals surface area (Å²) in [6.07, 6.45) is 0.729. The van der Waals surface area contributed by atoms with Crippen molar-refractivity contribution in [1.29, 1.82) is 0 Å². The fourth-order valence-electron chi connectivity index (χ4n) is 3.82. The number of benzene rings is 3. The third-order valence-electron chi connectivity index (χ3n) is 5.86. The largest absolute Gasteiger partial charge is 0.398 e. The van der Waals surface area contributed by atoms with Gasteiger partial charge in [0, 0.05) is 17.4 Å². The highest BCUT2D eigenvalue weighted by atomic mass is 32.2. The van der Waals surface area contributed by atoms with Crippen LogP contribution in [-0.2, 0) is 16.1 Å². The first-order chi connectivity index (χ1) is 15.0. The Kier molecular flexibility index (Phi) is 6.18. The van der Waals surface area contributed by atoms with Crippen LogP contribution < -0.4 is 16.0 Å². The third kappa shape index (κ3) is 4.26. The smallest absolute Gasteiger partial charge is 0.250 e. The molecule has 4 rings (SSSR count). The number of nitrogens with one attached hydrogen (secondary N) is 1. The molecule has 31 heavy (non-hydrogen) atoms. The summed E-state index contributed by atoms with van der Waals surface area (Å²) in [5.41, 5.74) is 8.77. The lowest BCUT2D eigenvalue weighted by molar-refractivity contribution is -0.129. The topological polar surface area (TPSA) is 75.4 Å². The van der Waals surface area contributed by atoms with Crippen LogP contribution in [-0.4, -0.2) is 23.6 Å². The molecule has 3 aromatic rings. The van der Waals surface area contributed by atoms with Gasteiger partial charge in [-0.15, -0.1) is 11.8 Å². The minimum Gasteiger partial charge on any atom is -0.398 e. The Hall–Kier alpha value is -2.99. The predicted molar refractivity (Wildman–Crippen MR) is 128 cm³/mol. The minimum absolute atomic E-state index is 0.0921. The molecule has 160 valence electrons. The average molecular weight is 434 g/mol. The van der Waals surface area contributed by atoms with E-state index in [0.717, 1.165) is 33.3 Å². The summed E-state index contributed by atoms with van der Waals surface area (Å²) in [5.74, 6) is 0.112. The zero-order chi connectivity index (χ0) is 22.0. The molecule has 1 aliphatic rings. The fourth-order valence-corrected chi connectivity index (χ4v) is 4.94. The lowest BCUT2D eigenvalue weighted by Crippen LogP contribution is -2.50. The number of carbonyl (C=O) groups excluding carboxylic acids is 2. The second-order valence-electron chi connectivity index (χ2n) is 7.94. The predicted octanol–water partition coefficient (Wildman–Crippen LogP) is 4.59.